The van der Waals surface area contributed by atoms with Crippen LogP contribution in [-0.2, 0) is 89.3 Å². The van der Waals surface area contributed by atoms with Gasteiger partial charge in [-0.2, -0.15) is 0 Å². The summed E-state index contributed by atoms with van der Waals surface area (Å²) in [6.07, 6.45) is -12.5. The third-order valence-electron chi connectivity index (χ3n) is 8.07. The summed E-state index contributed by atoms with van der Waals surface area (Å²) in [7, 11) is 1.47. The highest BCUT2D eigenvalue weighted by molar-refractivity contribution is 5.69. The maximum Gasteiger partial charge on any atom is 0.303 e. The number of rotatable bonds is 17. The van der Waals surface area contributed by atoms with Gasteiger partial charge >= 0.3 is 29.8 Å². The van der Waals surface area contributed by atoms with E-state index in [0.29, 0.717) is 0 Å². The lowest BCUT2D eigenvalue weighted by Gasteiger charge is -2.50. The summed E-state index contributed by atoms with van der Waals surface area (Å²) in [6, 6.07) is 18.9. The molecule has 2 aromatic rings. The van der Waals surface area contributed by atoms with Gasteiger partial charge in [-0.15, -0.1) is 0 Å². The molecule has 2 aliphatic heterocycles. The molecule has 0 amide bonds. The molecule has 0 bridgehead atoms. The maximum atomic E-state index is 12.6. The van der Waals surface area contributed by atoms with Crippen molar-refractivity contribution in [1.29, 1.82) is 0 Å². The fraction of sp³-hybridized carbons (Fsp3) is 0.541. The summed E-state index contributed by atoms with van der Waals surface area (Å²) in [5.41, 5.74) is 1.74. The van der Waals surface area contributed by atoms with Crippen LogP contribution in [0.4, 0.5) is 0 Å². The van der Waals surface area contributed by atoms with Crippen molar-refractivity contribution >= 4 is 29.8 Å². The summed E-state index contributed by atoms with van der Waals surface area (Å²) in [4.78, 5) is 61.6. The minimum atomic E-state index is -1.73. The highest BCUT2D eigenvalue weighted by Gasteiger charge is 2.55. The molecule has 2 heterocycles. The van der Waals surface area contributed by atoms with E-state index in [1.165, 1.54) is 7.11 Å². The Morgan fingerprint density at radius 1 is 0.660 bits per heavy atom. The van der Waals surface area contributed by atoms with E-state index in [4.69, 9.17) is 52.1 Å². The van der Waals surface area contributed by atoms with Crippen LogP contribution in [0.25, 0.3) is 0 Å². The van der Waals surface area contributed by atoms with Crippen molar-refractivity contribution in [3.63, 3.8) is 0 Å². The molecule has 2 aliphatic rings. The Labute approximate surface area is 307 Å². The molecule has 16 nitrogen and oxygen atoms in total. The molecule has 0 aliphatic carbocycles. The van der Waals surface area contributed by atoms with Gasteiger partial charge in [0.05, 0.1) is 19.8 Å². The van der Waals surface area contributed by atoms with E-state index in [0.717, 1.165) is 45.7 Å². The smallest absolute Gasteiger partial charge is 0.303 e. The molecule has 10 atom stereocenters. The van der Waals surface area contributed by atoms with Gasteiger partial charge in [0.25, 0.3) is 0 Å². The SMILES string of the molecule is CO[C@@H]1O[C@@H]2COC([C@@H](OC(C)=O)[C@H](OC(C)=O)[C@@H](OC(C)=O)[C@H](COC(C)=O)OC(C)=O)O[C@@H]2[C@H](OCc2ccccc2)[C@H]1OCc1ccccc1. The molecule has 53 heavy (non-hydrogen) atoms. The van der Waals surface area contributed by atoms with Crippen molar-refractivity contribution < 1.29 is 76.1 Å². The van der Waals surface area contributed by atoms with Gasteiger partial charge in [-0.05, 0) is 11.1 Å². The molecule has 4 rings (SSSR count). The molecule has 2 aromatic carbocycles. The van der Waals surface area contributed by atoms with Gasteiger partial charge in [0.1, 0.15) is 31.0 Å². The molecule has 1 unspecified atom stereocenters. The van der Waals surface area contributed by atoms with Crippen molar-refractivity contribution in [3.8, 4) is 0 Å². The lowest BCUT2D eigenvalue weighted by atomic mass is 9.96. The molecule has 0 spiro atoms. The lowest BCUT2D eigenvalue weighted by Crippen LogP contribution is -2.67. The first kappa shape index (κ1) is 41.3. The predicted molar refractivity (Wildman–Crippen MR) is 179 cm³/mol. The van der Waals surface area contributed by atoms with Gasteiger partial charge in [0, 0.05) is 41.7 Å². The largest absolute Gasteiger partial charge is 0.462 e. The highest BCUT2D eigenvalue weighted by Crippen LogP contribution is 2.36. The molecule has 2 saturated heterocycles. The van der Waals surface area contributed by atoms with Crippen molar-refractivity contribution in [2.45, 2.75) is 109 Å². The third kappa shape index (κ3) is 12.3. The summed E-state index contributed by atoms with van der Waals surface area (Å²) < 4.78 is 64.7. The summed E-state index contributed by atoms with van der Waals surface area (Å²) >= 11 is 0. The minimum absolute atomic E-state index is 0.142. The van der Waals surface area contributed by atoms with Crippen molar-refractivity contribution in [1.82, 2.24) is 0 Å². The van der Waals surface area contributed by atoms with Crippen LogP contribution < -0.4 is 0 Å². The van der Waals surface area contributed by atoms with Gasteiger partial charge < -0.3 is 52.1 Å². The number of carbonyl (C=O) groups is 5. The summed E-state index contributed by atoms with van der Waals surface area (Å²) in [5, 5.41) is 0. The highest BCUT2D eigenvalue weighted by atomic mass is 16.8. The molecular formula is C37H46O16. The molecular weight excluding hydrogens is 700 g/mol. The van der Waals surface area contributed by atoms with E-state index in [1.807, 2.05) is 60.7 Å². The van der Waals surface area contributed by atoms with E-state index < -0.39 is 97.9 Å². The van der Waals surface area contributed by atoms with Crippen LogP contribution in [0.15, 0.2) is 60.7 Å². The van der Waals surface area contributed by atoms with Crippen LogP contribution in [0.1, 0.15) is 45.7 Å². The number of hydrogen-bond acceptors (Lipinski definition) is 16. The Kier molecular flexibility index (Phi) is 15.7. The quantitative estimate of drug-likeness (QED) is 0.170. The van der Waals surface area contributed by atoms with Gasteiger partial charge in [0.15, 0.2) is 37.0 Å². The van der Waals surface area contributed by atoms with Crippen molar-refractivity contribution in [3.05, 3.63) is 71.8 Å². The zero-order chi connectivity index (χ0) is 38.5. The van der Waals surface area contributed by atoms with Crippen LogP contribution in [-0.4, -0.2) is 112 Å². The average Bonchev–Trinajstić information content (AvgIpc) is 3.12. The van der Waals surface area contributed by atoms with E-state index in [9.17, 15) is 24.0 Å². The first-order chi connectivity index (χ1) is 25.4. The normalized spacial score (nSPS) is 24.6. The maximum absolute atomic E-state index is 12.6. The zero-order valence-electron chi connectivity index (χ0n) is 30.4. The number of carbonyl (C=O) groups excluding carboxylic acids is 5. The number of methoxy groups -OCH3 is 1. The second-order valence-electron chi connectivity index (χ2n) is 12.3. The van der Waals surface area contributed by atoms with Crippen LogP contribution in [0.3, 0.4) is 0 Å². The molecule has 0 saturated carbocycles. The van der Waals surface area contributed by atoms with Crippen LogP contribution in [0.5, 0.6) is 0 Å². The Morgan fingerprint density at radius 2 is 1.19 bits per heavy atom. The number of ether oxygens (including phenoxy) is 11. The fourth-order valence-corrected chi connectivity index (χ4v) is 5.96. The van der Waals surface area contributed by atoms with Gasteiger partial charge in [-0.25, -0.2) is 0 Å². The molecule has 16 heteroatoms. The summed E-state index contributed by atoms with van der Waals surface area (Å²) in [6.45, 7) is 4.95. The van der Waals surface area contributed by atoms with E-state index in [2.05, 4.69) is 0 Å². The second-order valence-corrected chi connectivity index (χ2v) is 12.3. The molecule has 2 fully saturated rings. The third-order valence-corrected chi connectivity index (χ3v) is 8.07. The van der Waals surface area contributed by atoms with E-state index in [1.54, 1.807) is 0 Å². The first-order valence-electron chi connectivity index (χ1n) is 16.9. The number of benzene rings is 2. The van der Waals surface area contributed by atoms with Gasteiger partial charge in [0.2, 0.25) is 0 Å². The number of hydrogen-bond donors (Lipinski definition) is 0. The molecule has 290 valence electrons. The Balaban J connectivity index is 1.73. The molecule has 0 radical (unpaired) electrons. The Bertz CT molecular complexity index is 1500. The monoisotopic (exact) mass is 746 g/mol. The van der Waals surface area contributed by atoms with E-state index in [-0.39, 0.29) is 19.8 Å². The Morgan fingerprint density at radius 3 is 1.70 bits per heavy atom. The zero-order valence-corrected chi connectivity index (χ0v) is 30.4. The number of esters is 5. The average molecular weight is 747 g/mol. The standard InChI is InChI=1S/C37H46O16/c1-21(38)44-19-28(48-22(2)39)31(49-23(3)40)33(50-24(4)41)35(51-25(5)42)37-47-20-29-30(53-37)32(45-17-26-13-9-7-10-14-26)34(36(43-6)52-29)46-18-27-15-11-8-12-16-27/h7-16,28-37H,17-20H2,1-6H3/t28-,29+,30-,31-,32-,33+,34+,35-,36+,37?/m0/s1. The second kappa shape index (κ2) is 20.1. The lowest BCUT2D eigenvalue weighted by molar-refractivity contribution is -0.380. The van der Waals surface area contributed by atoms with Crippen LogP contribution in [0, 0.1) is 0 Å². The van der Waals surface area contributed by atoms with Crippen LogP contribution >= 0.6 is 0 Å². The first-order valence-corrected chi connectivity index (χ1v) is 16.9. The summed E-state index contributed by atoms with van der Waals surface area (Å²) in [5.74, 6) is -4.23. The fourth-order valence-electron chi connectivity index (χ4n) is 5.96. The Hall–Kier alpha value is -4.45. The topological polar surface area (TPSA) is 187 Å². The minimum Gasteiger partial charge on any atom is -0.462 e. The molecule has 0 N–H and O–H groups in total. The predicted octanol–water partition coefficient (Wildman–Crippen LogP) is 2.56. The number of fused-ring (bicyclic) bond motifs is 1. The van der Waals surface area contributed by atoms with Crippen LogP contribution in [0.2, 0.25) is 0 Å². The van der Waals surface area contributed by atoms with Crippen molar-refractivity contribution in [2.75, 3.05) is 20.3 Å². The van der Waals surface area contributed by atoms with Gasteiger partial charge in [-0.3, -0.25) is 24.0 Å². The molecule has 0 aromatic heterocycles. The van der Waals surface area contributed by atoms with E-state index >= 15 is 0 Å². The van der Waals surface area contributed by atoms with Crippen molar-refractivity contribution in [2.24, 2.45) is 0 Å². The van der Waals surface area contributed by atoms with Gasteiger partial charge in [-0.1, -0.05) is 60.7 Å².